The molecule has 0 aliphatic carbocycles. The van der Waals surface area contributed by atoms with Crippen molar-refractivity contribution in [2.45, 2.75) is 79.1 Å². The molecule has 0 saturated heterocycles. The minimum atomic E-state index is -4.00. The second-order valence-corrected chi connectivity index (χ2v) is 9.24. The van der Waals surface area contributed by atoms with Crippen molar-refractivity contribution in [3.8, 4) is 0 Å². The van der Waals surface area contributed by atoms with Crippen LogP contribution in [-0.2, 0) is 31.7 Å². The predicted molar refractivity (Wildman–Crippen MR) is 100 cm³/mol. The summed E-state index contributed by atoms with van der Waals surface area (Å²) in [7, 11) is -8.00. The topological polar surface area (TPSA) is 151 Å². The molecule has 0 heterocycles. The maximum absolute atomic E-state index is 11.0. The molecule has 0 rings (SSSR count). The summed E-state index contributed by atoms with van der Waals surface area (Å²) < 4.78 is 57.5. The summed E-state index contributed by atoms with van der Waals surface area (Å²) in [4.78, 5) is 21.9. The Balaban J connectivity index is -0.000000410. The SMILES string of the molecule is CCCCOP(=O)([O-])OCCCC.CCCCOP(=O)([O-])OCCCC.[O]=[U+2]=[O]. The Kier molecular flexibility index (Phi) is 29.9. The van der Waals surface area contributed by atoms with Crippen LogP contribution >= 0.6 is 15.6 Å². The molecule has 0 unspecified atom stereocenters. The standard InChI is InChI=1S/2C8H19O4P.2O.U/c2*1-3-5-7-11-13(9,10)12-8-6-4-2;;;/h2*3-8H2,1-2H3,(H,9,10);;;/q;;;;+2/p-2. The molecule has 0 aromatic carbocycles. The molecular formula is C16H36O10P2U. The van der Waals surface area contributed by atoms with Gasteiger partial charge in [0.25, 0.3) is 15.6 Å². The molecule has 0 amide bonds. The first-order valence-electron chi connectivity index (χ1n) is 9.85. The summed E-state index contributed by atoms with van der Waals surface area (Å²) in [5.41, 5.74) is 0. The summed E-state index contributed by atoms with van der Waals surface area (Å²) in [6.45, 7) is 8.78. The third-order valence-electron chi connectivity index (χ3n) is 2.99. The van der Waals surface area contributed by atoms with Gasteiger partial charge in [-0.2, -0.15) is 0 Å². The minimum absolute atomic E-state index is 0.226. The van der Waals surface area contributed by atoms with Crippen LogP contribution in [0.15, 0.2) is 0 Å². The van der Waals surface area contributed by atoms with E-state index < -0.39 is 43.5 Å². The van der Waals surface area contributed by atoms with Crippen LogP contribution in [0.3, 0.4) is 0 Å². The van der Waals surface area contributed by atoms with Crippen molar-refractivity contribution in [2.75, 3.05) is 26.4 Å². The van der Waals surface area contributed by atoms with Gasteiger partial charge in [0.1, 0.15) is 0 Å². The fraction of sp³-hybridized carbons (Fsp3) is 1.00. The first-order valence-corrected chi connectivity index (χ1v) is 16.2. The van der Waals surface area contributed by atoms with Crippen molar-refractivity contribution >= 4 is 15.6 Å². The number of hydrogen-bond acceptors (Lipinski definition) is 10. The van der Waals surface area contributed by atoms with Crippen molar-refractivity contribution in [3.63, 3.8) is 0 Å². The van der Waals surface area contributed by atoms with Gasteiger partial charge in [-0.05, 0) is 25.7 Å². The van der Waals surface area contributed by atoms with E-state index in [4.69, 9.17) is 4.47 Å². The zero-order chi connectivity index (χ0) is 23.0. The monoisotopic (exact) mass is 688 g/mol. The molecule has 0 atom stereocenters. The van der Waals surface area contributed by atoms with Gasteiger partial charge in [0.2, 0.25) is 0 Å². The van der Waals surface area contributed by atoms with E-state index in [0.717, 1.165) is 51.4 Å². The van der Waals surface area contributed by atoms with Crippen LogP contribution in [0.5, 0.6) is 0 Å². The van der Waals surface area contributed by atoms with E-state index in [1.807, 2.05) is 27.7 Å². The number of phosphoric acid groups is 2. The van der Waals surface area contributed by atoms with E-state index in [9.17, 15) is 18.9 Å². The van der Waals surface area contributed by atoms with Gasteiger partial charge in [-0.25, -0.2) is 0 Å². The van der Waals surface area contributed by atoms with E-state index in [0.29, 0.717) is 0 Å². The molecule has 0 fully saturated rings. The fourth-order valence-corrected chi connectivity index (χ4v) is 2.92. The molecule has 10 nitrogen and oxygen atoms in total. The van der Waals surface area contributed by atoms with Crippen LogP contribution in [0.25, 0.3) is 0 Å². The average molecular weight is 688 g/mol. The van der Waals surface area contributed by atoms with E-state index >= 15 is 0 Å². The Labute approximate surface area is 189 Å². The van der Waals surface area contributed by atoms with Gasteiger partial charge < -0.3 is 27.9 Å². The number of phosphoric ester groups is 2. The average Bonchev–Trinajstić information content (AvgIpc) is 2.63. The molecule has 29 heavy (non-hydrogen) atoms. The molecule has 0 radical (unpaired) electrons. The zero-order valence-electron chi connectivity index (χ0n) is 18.0. The van der Waals surface area contributed by atoms with Gasteiger partial charge >= 0.3 is 32.3 Å². The van der Waals surface area contributed by atoms with Crippen LogP contribution in [0.1, 0.15) is 79.1 Å². The van der Waals surface area contributed by atoms with Gasteiger partial charge in [0, 0.05) is 0 Å². The van der Waals surface area contributed by atoms with Crippen molar-refractivity contribution in [2.24, 2.45) is 0 Å². The van der Waals surface area contributed by atoms with Gasteiger partial charge in [-0.1, -0.05) is 53.4 Å². The van der Waals surface area contributed by atoms with Crippen molar-refractivity contribution in [1.29, 1.82) is 0 Å². The molecular weight excluding hydrogens is 652 g/mol. The quantitative estimate of drug-likeness (QED) is 0.172. The fourth-order valence-electron chi connectivity index (χ4n) is 1.36. The Morgan fingerprint density at radius 1 is 0.586 bits per heavy atom. The van der Waals surface area contributed by atoms with Gasteiger partial charge in [0.05, 0.1) is 26.4 Å². The number of hydrogen-bond donors (Lipinski definition) is 0. The van der Waals surface area contributed by atoms with E-state index in [1.165, 1.54) is 0 Å². The van der Waals surface area contributed by atoms with Gasteiger partial charge in [0.15, 0.2) is 0 Å². The molecule has 0 aromatic rings. The van der Waals surface area contributed by atoms with Crippen molar-refractivity contribution < 1.29 is 69.3 Å². The predicted octanol–water partition coefficient (Wildman–Crippen LogP) is 3.94. The molecule has 0 N–H and O–H groups in total. The van der Waals surface area contributed by atoms with Crippen LogP contribution in [-0.4, -0.2) is 26.4 Å². The molecule has 174 valence electrons. The first kappa shape index (κ1) is 34.5. The molecule has 0 bridgehead atoms. The number of unbranched alkanes of at least 4 members (excludes halogenated alkanes) is 4. The van der Waals surface area contributed by atoms with E-state index in [2.05, 4.69) is 18.1 Å². The Morgan fingerprint density at radius 2 is 0.759 bits per heavy atom. The summed E-state index contributed by atoms with van der Waals surface area (Å²) in [5.74, 6) is 0. The second kappa shape index (κ2) is 25.1. The molecule has 13 heteroatoms. The molecule has 0 aliphatic rings. The van der Waals surface area contributed by atoms with Crippen LogP contribution < -0.4 is 9.79 Å². The molecule has 0 saturated carbocycles. The summed E-state index contributed by atoms with van der Waals surface area (Å²) >= 11 is -2.51. The van der Waals surface area contributed by atoms with Crippen LogP contribution in [0.2, 0.25) is 0 Å². The van der Waals surface area contributed by atoms with Crippen molar-refractivity contribution in [1.82, 2.24) is 0 Å². The summed E-state index contributed by atoms with van der Waals surface area (Å²) in [5, 5.41) is 0. The Bertz CT molecular complexity index is 409. The maximum atomic E-state index is 11.0. The van der Waals surface area contributed by atoms with E-state index in [-0.39, 0.29) is 26.4 Å². The number of rotatable bonds is 16. The van der Waals surface area contributed by atoms with E-state index in [1.54, 1.807) is 0 Å². The Morgan fingerprint density at radius 3 is 0.897 bits per heavy atom. The summed E-state index contributed by atoms with van der Waals surface area (Å²) in [6.07, 6.45) is 6.60. The summed E-state index contributed by atoms with van der Waals surface area (Å²) in [6, 6.07) is 0. The first-order chi connectivity index (χ1) is 13.7. The zero-order valence-corrected chi connectivity index (χ0v) is 23.9. The Hall–Kier alpha value is 0.872. The van der Waals surface area contributed by atoms with Crippen LogP contribution in [0.4, 0.5) is 0 Å². The third-order valence-corrected chi connectivity index (χ3v) is 4.98. The third kappa shape index (κ3) is 33.7. The van der Waals surface area contributed by atoms with Crippen molar-refractivity contribution in [3.05, 3.63) is 0 Å². The van der Waals surface area contributed by atoms with Gasteiger partial charge in [-0.3, -0.25) is 9.13 Å². The molecule has 0 spiro atoms. The molecule has 0 aliphatic heterocycles. The van der Waals surface area contributed by atoms with Crippen LogP contribution in [0, 0.1) is 27.8 Å². The normalized spacial score (nSPS) is 11.0. The molecule has 0 aromatic heterocycles. The van der Waals surface area contributed by atoms with Gasteiger partial charge in [-0.15, -0.1) is 0 Å². The second-order valence-electron chi connectivity index (χ2n) is 5.72.